The van der Waals surface area contributed by atoms with Gasteiger partial charge in [0, 0.05) is 30.7 Å². The van der Waals surface area contributed by atoms with E-state index in [0.717, 1.165) is 25.1 Å². The minimum absolute atomic E-state index is 0.296. The first-order chi connectivity index (χ1) is 9.15. The molecule has 1 heterocycles. The summed E-state index contributed by atoms with van der Waals surface area (Å²) in [4.78, 5) is 2.46. The Labute approximate surface area is 112 Å². The molecular weight excluding hydrogens is 246 g/mol. The lowest BCUT2D eigenvalue weighted by atomic mass is 10.0. The van der Waals surface area contributed by atoms with Gasteiger partial charge < -0.3 is 10.6 Å². The van der Waals surface area contributed by atoms with E-state index in [2.05, 4.69) is 4.90 Å². The number of nitrogens with zero attached hydrogens (tertiary/aromatic N) is 1. The summed E-state index contributed by atoms with van der Waals surface area (Å²) < 4.78 is 26.8. The molecule has 104 valence electrons. The normalized spacial score (nSPS) is 27.9. The van der Waals surface area contributed by atoms with Gasteiger partial charge >= 0.3 is 0 Å². The molecule has 3 rings (SSSR count). The molecule has 3 unspecified atom stereocenters. The van der Waals surface area contributed by atoms with E-state index in [-0.39, 0.29) is 0 Å². The fourth-order valence-electron chi connectivity index (χ4n) is 3.57. The highest BCUT2D eigenvalue weighted by atomic mass is 19.2. The smallest absolute Gasteiger partial charge is 0.163 e. The van der Waals surface area contributed by atoms with Crippen LogP contribution in [0.15, 0.2) is 18.2 Å². The highest BCUT2D eigenvalue weighted by molar-refractivity contribution is 5.22. The molecule has 3 atom stereocenters. The first-order valence-corrected chi connectivity index (χ1v) is 7.08. The summed E-state index contributed by atoms with van der Waals surface area (Å²) in [6, 6.07) is 4.51. The molecule has 2 N–H and O–H groups in total. The second kappa shape index (κ2) is 5.17. The topological polar surface area (TPSA) is 29.3 Å². The summed E-state index contributed by atoms with van der Waals surface area (Å²) in [5.74, 6) is -0.752. The van der Waals surface area contributed by atoms with Gasteiger partial charge in [-0.1, -0.05) is 12.1 Å². The van der Waals surface area contributed by atoms with E-state index >= 15 is 0 Å². The zero-order chi connectivity index (χ0) is 13.4. The van der Waals surface area contributed by atoms with Gasteiger partial charge in [-0.15, -0.1) is 0 Å². The Bertz CT molecular complexity index is 463. The van der Waals surface area contributed by atoms with Gasteiger partial charge in [-0.2, -0.15) is 0 Å². The van der Waals surface area contributed by atoms with Gasteiger partial charge in [-0.3, -0.25) is 0 Å². The number of halogens is 2. The average Bonchev–Trinajstić information content (AvgIpc) is 3.01. The van der Waals surface area contributed by atoms with Crippen molar-refractivity contribution in [3.63, 3.8) is 0 Å². The van der Waals surface area contributed by atoms with E-state index < -0.39 is 17.7 Å². The zero-order valence-electron chi connectivity index (χ0n) is 11.0. The van der Waals surface area contributed by atoms with Crippen molar-refractivity contribution in [1.29, 1.82) is 0 Å². The number of hydrogen-bond donors (Lipinski definition) is 1. The maximum absolute atomic E-state index is 13.6. The maximum Gasteiger partial charge on any atom is 0.163 e. The molecule has 1 aromatic rings. The Morgan fingerprint density at radius 2 is 2.16 bits per heavy atom. The van der Waals surface area contributed by atoms with Crippen molar-refractivity contribution in [3.05, 3.63) is 35.4 Å². The summed E-state index contributed by atoms with van der Waals surface area (Å²) in [5.41, 5.74) is 6.30. The molecule has 2 bridgehead atoms. The highest BCUT2D eigenvalue weighted by Crippen LogP contribution is 2.37. The molecule has 4 heteroatoms. The predicted octanol–water partition coefficient (Wildman–Crippen LogP) is 2.84. The van der Waals surface area contributed by atoms with Gasteiger partial charge in [0.05, 0.1) is 0 Å². The lowest BCUT2D eigenvalue weighted by Crippen LogP contribution is -2.34. The number of piperidine rings is 1. The molecule has 19 heavy (non-hydrogen) atoms. The minimum atomic E-state index is -0.812. The summed E-state index contributed by atoms with van der Waals surface area (Å²) in [5, 5.41) is 0. The first-order valence-electron chi connectivity index (χ1n) is 7.08. The molecule has 0 aromatic heterocycles. The summed E-state index contributed by atoms with van der Waals surface area (Å²) >= 11 is 0. The molecule has 1 aromatic carbocycles. The van der Waals surface area contributed by atoms with E-state index in [9.17, 15) is 8.78 Å². The second-order valence-corrected chi connectivity index (χ2v) is 5.87. The van der Waals surface area contributed by atoms with Gasteiger partial charge in [0.2, 0.25) is 0 Å². The van der Waals surface area contributed by atoms with Crippen LogP contribution in [0.2, 0.25) is 0 Å². The van der Waals surface area contributed by atoms with E-state index in [4.69, 9.17) is 5.73 Å². The van der Waals surface area contributed by atoms with Crippen molar-refractivity contribution in [2.24, 2.45) is 11.7 Å². The Morgan fingerprint density at radius 1 is 1.32 bits per heavy atom. The third-order valence-electron chi connectivity index (χ3n) is 4.63. The number of nitrogens with two attached hydrogens (primary N) is 1. The van der Waals surface area contributed by atoms with Crippen LogP contribution in [-0.2, 0) is 0 Å². The predicted molar refractivity (Wildman–Crippen MR) is 70.6 cm³/mol. The van der Waals surface area contributed by atoms with Crippen molar-refractivity contribution >= 4 is 0 Å². The van der Waals surface area contributed by atoms with E-state index in [1.165, 1.54) is 25.3 Å². The molecule has 0 radical (unpaired) electrons. The van der Waals surface area contributed by atoms with Crippen molar-refractivity contribution in [2.75, 3.05) is 13.1 Å². The molecule has 1 aliphatic carbocycles. The molecule has 0 amide bonds. The van der Waals surface area contributed by atoms with E-state index in [1.54, 1.807) is 6.07 Å². The van der Waals surface area contributed by atoms with E-state index in [1.807, 2.05) is 0 Å². The second-order valence-electron chi connectivity index (χ2n) is 5.87. The van der Waals surface area contributed by atoms with Crippen molar-refractivity contribution < 1.29 is 8.78 Å². The fraction of sp³-hybridized carbons (Fsp3) is 0.600. The summed E-state index contributed by atoms with van der Waals surface area (Å²) in [6.45, 7) is 2.04. The number of benzene rings is 1. The molecule has 2 fully saturated rings. The molecule has 2 nitrogen and oxygen atoms in total. The van der Waals surface area contributed by atoms with Crippen molar-refractivity contribution in [3.8, 4) is 0 Å². The minimum Gasteiger partial charge on any atom is -0.324 e. The van der Waals surface area contributed by atoms with Crippen LogP contribution >= 0.6 is 0 Å². The van der Waals surface area contributed by atoms with Crippen molar-refractivity contribution in [2.45, 2.75) is 37.8 Å². The van der Waals surface area contributed by atoms with E-state index in [0.29, 0.717) is 18.0 Å². The molecule has 1 saturated carbocycles. The first kappa shape index (κ1) is 13.0. The Morgan fingerprint density at radius 3 is 2.84 bits per heavy atom. The molecule has 1 saturated heterocycles. The Balaban J connectivity index is 1.59. The molecule has 0 spiro atoms. The number of likely N-dealkylation sites (tertiary alicyclic amines) is 1. The number of fused-ring (bicyclic) bond motifs is 2. The summed E-state index contributed by atoms with van der Waals surface area (Å²) in [6.07, 6.45) is 4.63. The third kappa shape index (κ3) is 2.51. The number of hydrogen-bond acceptors (Lipinski definition) is 2. The van der Waals surface area contributed by atoms with Crippen molar-refractivity contribution in [1.82, 2.24) is 4.90 Å². The van der Waals surface area contributed by atoms with Gasteiger partial charge in [0.25, 0.3) is 0 Å². The fourth-order valence-corrected chi connectivity index (χ4v) is 3.57. The highest BCUT2D eigenvalue weighted by Gasteiger charge is 2.37. The summed E-state index contributed by atoms with van der Waals surface area (Å²) in [7, 11) is 0. The van der Waals surface area contributed by atoms with Gasteiger partial charge in [0.15, 0.2) is 11.6 Å². The standard InChI is InChI=1S/C15H20F2N2/c16-13-3-1-2-12(15(13)17)14(18)6-7-19-9-10-4-5-11(19)8-10/h1-3,10-11,14H,4-9,18H2. The van der Waals surface area contributed by atoms with Crippen LogP contribution in [0.4, 0.5) is 8.78 Å². The van der Waals surface area contributed by atoms with Gasteiger partial charge in [-0.25, -0.2) is 8.78 Å². The zero-order valence-corrected chi connectivity index (χ0v) is 11.0. The van der Waals surface area contributed by atoms with Crippen LogP contribution in [0.5, 0.6) is 0 Å². The van der Waals surface area contributed by atoms with Crippen LogP contribution in [0, 0.1) is 17.6 Å². The monoisotopic (exact) mass is 266 g/mol. The van der Waals surface area contributed by atoms with Gasteiger partial charge in [0.1, 0.15) is 0 Å². The Kier molecular flexibility index (Phi) is 3.54. The number of rotatable bonds is 4. The van der Waals surface area contributed by atoms with Crippen LogP contribution in [0.1, 0.15) is 37.3 Å². The van der Waals surface area contributed by atoms with Crippen LogP contribution in [0.3, 0.4) is 0 Å². The SMILES string of the molecule is NC(CCN1CC2CCC1C2)c1cccc(F)c1F. The lowest BCUT2D eigenvalue weighted by molar-refractivity contribution is 0.206. The molecule has 1 aliphatic heterocycles. The van der Waals surface area contributed by atoms with Crippen LogP contribution in [-0.4, -0.2) is 24.0 Å². The van der Waals surface area contributed by atoms with Crippen LogP contribution in [0.25, 0.3) is 0 Å². The van der Waals surface area contributed by atoms with Crippen LogP contribution < -0.4 is 5.73 Å². The molecule has 2 aliphatic rings. The third-order valence-corrected chi connectivity index (χ3v) is 4.63. The molecular formula is C15H20F2N2. The lowest BCUT2D eigenvalue weighted by Gasteiger charge is -2.27. The average molecular weight is 266 g/mol. The quantitative estimate of drug-likeness (QED) is 0.908. The largest absolute Gasteiger partial charge is 0.324 e. The van der Waals surface area contributed by atoms with Gasteiger partial charge in [-0.05, 0) is 37.7 Å². The Hall–Kier alpha value is -1.00. The maximum atomic E-state index is 13.6.